The van der Waals surface area contributed by atoms with E-state index in [2.05, 4.69) is 20.2 Å². The minimum atomic E-state index is -0.201. The van der Waals surface area contributed by atoms with Crippen LogP contribution in [-0.2, 0) is 6.54 Å². The van der Waals surface area contributed by atoms with E-state index in [1.165, 1.54) is 11.1 Å². The van der Waals surface area contributed by atoms with Gasteiger partial charge in [-0.3, -0.25) is 14.9 Å². The zero-order chi connectivity index (χ0) is 14.0. The van der Waals surface area contributed by atoms with Crippen LogP contribution in [0, 0.1) is 13.8 Å². The maximum Gasteiger partial charge on any atom is 0.257 e. The van der Waals surface area contributed by atoms with Crippen molar-refractivity contribution in [3.63, 3.8) is 0 Å². The SMILES string of the molecule is Cc1cc(N)c(C(=O)N(C)Cc2n[nH]c(C)n2)cn1. The van der Waals surface area contributed by atoms with Gasteiger partial charge in [-0.25, -0.2) is 4.98 Å². The van der Waals surface area contributed by atoms with Crippen LogP contribution in [0.25, 0.3) is 0 Å². The zero-order valence-electron chi connectivity index (χ0n) is 11.1. The van der Waals surface area contributed by atoms with Crippen molar-refractivity contribution in [3.05, 3.63) is 35.2 Å². The average molecular weight is 260 g/mol. The predicted octanol–water partition coefficient (Wildman–Crippen LogP) is 0.671. The second kappa shape index (κ2) is 5.05. The molecule has 0 aliphatic heterocycles. The molecule has 100 valence electrons. The van der Waals surface area contributed by atoms with Gasteiger partial charge in [0.25, 0.3) is 5.91 Å². The molecule has 0 aliphatic rings. The van der Waals surface area contributed by atoms with Crippen molar-refractivity contribution in [3.8, 4) is 0 Å². The Hall–Kier alpha value is -2.44. The van der Waals surface area contributed by atoms with Crippen LogP contribution in [0.4, 0.5) is 5.69 Å². The second-order valence-corrected chi connectivity index (χ2v) is 4.41. The number of nitrogens with two attached hydrogens (primary N) is 1. The third-order valence-electron chi connectivity index (χ3n) is 2.67. The first kappa shape index (κ1) is 13.0. The monoisotopic (exact) mass is 260 g/mol. The molecule has 7 nitrogen and oxygen atoms in total. The number of pyridine rings is 1. The van der Waals surface area contributed by atoms with E-state index in [1.54, 1.807) is 20.0 Å². The largest absolute Gasteiger partial charge is 0.398 e. The van der Waals surface area contributed by atoms with E-state index in [-0.39, 0.29) is 5.91 Å². The molecular weight excluding hydrogens is 244 g/mol. The maximum atomic E-state index is 12.2. The molecule has 0 atom stereocenters. The summed E-state index contributed by atoms with van der Waals surface area (Å²) in [6.45, 7) is 3.95. The Labute approximate surface area is 110 Å². The van der Waals surface area contributed by atoms with Crippen molar-refractivity contribution in [2.75, 3.05) is 12.8 Å². The van der Waals surface area contributed by atoms with Gasteiger partial charge >= 0.3 is 0 Å². The van der Waals surface area contributed by atoms with Crippen molar-refractivity contribution in [1.29, 1.82) is 0 Å². The zero-order valence-corrected chi connectivity index (χ0v) is 11.1. The molecule has 1 amide bonds. The van der Waals surface area contributed by atoms with Gasteiger partial charge in [0.1, 0.15) is 5.82 Å². The Morgan fingerprint density at radius 3 is 2.79 bits per heavy atom. The summed E-state index contributed by atoms with van der Waals surface area (Å²) in [6.07, 6.45) is 1.49. The fourth-order valence-corrected chi connectivity index (χ4v) is 1.71. The van der Waals surface area contributed by atoms with Crippen molar-refractivity contribution in [1.82, 2.24) is 25.1 Å². The van der Waals surface area contributed by atoms with Crippen LogP contribution < -0.4 is 5.73 Å². The van der Waals surface area contributed by atoms with Crippen LogP contribution in [0.1, 0.15) is 27.7 Å². The number of hydrogen-bond acceptors (Lipinski definition) is 5. The summed E-state index contributed by atoms with van der Waals surface area (Å²) in [5.74, 6) is 1.08. The number of nitrogens with zero attached hydrogens (tertiary/aromatic N) is 4. The van der Waals surface area contributed by atoms with E-state index in [1.807, 2.05) is 6.92 Å². The number of rotatable bonds is 3. The first-order valence-electron chi connectivity index (χ1n) is 5.83. The lowest BCUT2D eigenvalue weighted by molar-refractivity contribution is 0.0782. The first-order chi connectivity index (χ1) is 8.97. The molecule has 7 heteroatoms. The average Bonchev–Trinajstić information content (AvgIpc) is 2.74. The molecule has 0 fully saturated rings. The lowest BCUT2D eigenvalue weighted by Crippen LogP contribution is -2.27. The summed E-state index contributed by atoms with van der Waals surface area (Å²) < 4.78 is 0. The standard InChI is InChI=1S/C12H16N6O/c1-7-4-10(13)9(5-14-7)12(19)18(3)6-11-15-8(2)16-17-11/h4-5H,6H2,1-3H3,(H2,13,14)(H,15,16,17). The van der Waals surface area contributed by atoms with Crippen molar-refractivity contribution in [2.45, 2.75) is 20.4 Å². The van der Waals surface area contributed by atoms with Gasteiger partial charge < -0.3 is 10.6 Å². The predicted molar refractivity (Wildman–Crippen MR) is 70.3 cm³/mol. The highest BCUT2D eigenvalue weighted by atomic mass is 16.2. The molecule has 0 unspecified atom stereocenters. The van der Waals surface area contributed by atoms with E-state index < -0.39 is 0 Å². The Morgan fingerprint density at radius 2 is 2.21 bits per heavy atom. The number of amides is 1. The third kappa shape index (κ3) is 2.87. The molecule has 2 heterocycles. The highest BCUT2D eigenvalue weighted by Crippen LogP contribution is 2.14. The number of aromatic nitrogens is 4. The van der Waals surface area contributed by atoms with Gasteiger partial charge in [0.15, 0.2) is 5.82 Å². The van der Waals surface area contributed by atoms with E-state index in [0.29, 0.717) is 29.4 Å². The number of carbonyl (C=O) groups is 1. The molecule has 2 aromatic heterocycles. The number of anilines is 1. The van der Waals surface area contributed by atoms with Crippen molar-refractivity contribution >= 4 is 11.6 Å². The van der Waals surface area contributed by atoms with Gasteiger partial charge in [-0.05, 0) is 19.9 Å². The number of aryl methyl sites for hydroxylation is 2. The van der Waals surface area contributed by atoms with Crippen LogP contribution in [0.5, 0.6) is 0 Å². The van der Waals surface area contributed by atoms with Gasteiger partial charge in [-0.15, -0.1) is 0 Å². The van der Waals surface area contributed by atoms with Gasteiger partial charge in [0, 0.05) is 24.6 Å². The first-order valence-corrected chi connectivity index (χ1v) is 5.83. The minimum absolute atomic E-state index is 0.201. The maximum absolute atomic E-state index is 12.2. The highest BCUT2D eigenvalue weighted by Gasteiger charge is 2.17. The Morgan fingerprint density at radius 1 is 1.47 bits per heavy atom. The van der Waals surface area contributed by atoms with Gasteiger partial charge in [-0.2, -0.15) is 5.10 Å². The van der Waals surface area contributed by atoms with Crippen LogP contribution in [0.2, 0.25) is 0 Å². The quantitative estimate of drug-likeness (QED) is 0.844. The van der Waals surface area contributed by atoms with Gasteiger partial charge in [0.05, 0.1) is 12.1 Å². The molecule has 2 aromatic rings. The van der Waals surface area contributed by atoms with Crippen LogP contribution in [0.3, 0.4) is 0 Å². The van der Waals surface area contributed by atoms with Crippen molar-refractivity contribution in [2.24, 2.45) is 0 Å². The smallest absolute Gasteiger partial charge is 0.257 e. The molecule has 3 N–H and O–H groups in total. The number of aromatic amines is 1. The lowest BCUT2D eigenvalue weighted by atomic mass is 10.2. The fraction of sp³-hybridized carbons (Fsp3) is 0.333. The van der Waals surface area contributed by atoms with E-state index in [9.17, 15) is 4.79 Å². The summed E-state index contributed by atoms with van der Waals surface area (Å²) in [7, 11) is 1.67. The van der Waals surface area contributed by atoms with E-state index in [4.69, 9.17) is 5.73 Å². The van der Waals surface area contributed by atoms with Crippen LogP contribution in [0.15, 0.2) is 12.3 Å². The molecule has 19 heavy (non-hydrogen) atoms. The summed E-state index contributed by atoms with van der Waals surface area (Å²) in [4.78, 5) is 22.0. The Bertz CT molecular complexity index is 606. The normalized spacial score (nSPS) is 10.5. The van der Waals surface area contributed by atoms with Gasteiger partial charge in [0.2, 0.25) is 0 Å². The lowest BCUT2D eigenvalue weighted by Gasteiger charge is -2.16. The summed E-state index contributed by atoms with van der Waals surface area (Å²) in [5, 5.41) is 6.73. The molecule has 0 radical (unpaired) electrons. The Balaban J connectivity index is 2.14. The molecule has 0 spiro atoms. The fourth-order valence-electron chi connectivity index (χ4n) is 1.71. The summed E-state index contributed by atoms with van der Waals surface area (Å²) in [5.41, 5.74) is 7.43. The molecule has 0 aliphatic carbocycles. The number of carbonyl (C=O) groups excluding carboxylic acids is 1. The van der Waals surface area contributed by atoms with Gasteiger partial charge in [-0.1, -0.05) is 0 Å². The van der Waals surface area contributed by atoms with E-state index in [0.717, 1.165) is 5.69 Å². The third-order valence-corrected chi connectivity index (χ3v) is 2.67. The van der Waals surface area contributed by atoms with Crippen LogP contribution in [-0.4, -0.2) is 38.0 Å². The number of nitrogens with one attached hydrogen (secondary N) is 1. The molecule has 0 saturated heterocycles. The highest BCUT2D eigenvalue weighted by molar-refractivity contribution is 5.98. The van der Waals surface area contributed by atoms with E-state index >= 15 is 0 Å². The second-order valence-electron chi connectivity index (χ2n) is 4.41. The van der Waals surface area contributed by atoms with Crippen molar-refractivity contribution < 1.29 is 4.79 Å². The molecular formula is C12H16N6O. The molecule has 0 aromatic carbocycles. The number of nitrogen functional groups attached to an aromatic ring is 1. The summed E-state index contributed by atoms with van der Waals surface area (Å²) >= 11 is 0. The number of H-pyrrole nitrogens is 1. The molecule has 2 rings (SSSR count). The Kier molecular flexibility index (Phi) is 3.46. The summed E-state index contributed by atoms with van der Waals surface area (Å²) in [6, 6.07) is 1.68. The molecule has 0 bridgehead atoms. The minimum Gasteiger partial charge on any atom is -0.398 e. The molecule has 0 saturated carbocycles. The topological polar surface area (TPSA) is 101 Å². The number of hydrogen-bond donors (Lipinski definition) is 2. The van der Waals surface area contributed by atoms with Crippen LogP contribution >= 0.6 is 0 Å².